The standard InChI is InChI=1S/C17H34O6Si/c1-10-20-15(19)14-13(21-17(6,7)22-14)12(18)11(2)23-24(8,9)16(3,4)5/h11-14,18H,10H2,1-9H3/t11-,12-,13-,14+/m1/s1. The average molecular weight is 363 g/mol. The van der Waals surface area contributed by atoms with Gasteiger partial charge in [0.1, 0.15) is 12.2 Å². The number of aliphatic hydroxyl groups is 1. The molecule has 6 nitrogen and oxygen atoms in total. The summed E-state index contributed by atoms with van der Waals surface area (Å²) >= 11 is 0. The minimum atomic E-state index is -2.05. The molecular weight excluding hydrogens is 328 g/mol. The van der Waals surface area contributed by atoms with Gasteiger partial charge < -0.3 is 23.7 Å². The van der Waals surface area contributed by atoms with Gasteiger partial charge in [-0.3, -0.25) is 0 Å². The van der Waals surface area contributed by atoms with Gasteiger partial charge in [0.15, 0.2) is 20.2 Å². The number of hydrogen-bond acceptors (Lipinski definition) is 6. The maximum Gasteiger partial charge on any atom is 0.338 e. The lowest BCUT2D eigenvalue weighted by Gasteiger charge is -2.40. The molecule has 0 aromatic heterocycles. The van der Waals surface area contributed by atoms with Crippen LogP contribution in [0.1, 0.15) is 48.5 Å². The number of aliphatic hydroxyl groups excluding tert-OH is 1. The molecule has 1 saturated heterocycles. The van der Waals surface area contributed by atoms with Crippen LogP contribution in [0.2, 0.25) is 18.1 Å². The van der Waals surface area contributed by atoms with E-state index in [2.05, 4.69) is 33.9 Å². The third kappa shape index (κ3) is 5.02. The van der Waals surface area contributed by atoms with Gasteiger partial charge in [-0.25, -0.2) is 4.79 Å². The molecule has 0 aliphatic carbocycles. The first-order chi connectivity index (χ1) is 10.7. The molecule has 1 fully saturated rings. The zero-order valence-corrected chi connectivity index (χ0v) is 17.5. The Balaban J connectivity index is 2.90. The van der Waals surface area contributed by atoms with Crippen molar-refractivity contribution in [3.05, 3.63) is 0 Å². The Labute approximate surface area is 146 Å². The van der Waals surface area contributed by atoms with Crippen LogP contribution in [0.5, 0.6) is 0 Å². The summed E-state index contributed by atoms with van der Waals surface area (Å²) in [5.41, 5.74) is 0. The maximum atomic E-state index is 12.1. The fourth-order valence-corrected chi connectivity index (χ4v) is 3.85. The Hall–Kier alpha value is -0.473. The Morgan fingerprint density at radius 1 is 1.29 bits per heavy atom. The Bertz CT molecular complexity index is 443. The van der Waals surface area contributed by atoms with Crippen LogP contribution in [0.3, 0.4) is 0 Å². The van der Waals surface area contributed by atoms with Gasteiger partial charge in [-0.1, -0.05) is 20.8 Å². The topological polar surface area (TPSA) is 74.2 Å². The SMILES string of the molecule is CCOC(=O)[C@H]1OC(C)(C)O[C@@H]1[C@H](O)[C@@H](C)O[Si](C)(C)C(C)(C)C. The van der Waals surface area contributed by atoms with E-state index in [1.54, 1.807) is 20.8 Å². The van der Waals surface area contributed by atoms with Crippen molar-refractivity contribution in [1.29, 1.82) is 0 Å². The largest absolute Gasteiger partial charge is 0.464 e. The quantitative estimate of drug-likeness (QED) is 0.578. The zero-order chi connectivity index (χ0) is 18.9. The van der Waals surface area contributed by atoms with Crippen LogP contribution in [-0.2, 0) is 23.4 Å². The van der Waals surface area contributed by atoms with Crippen molar-refractivity contribution in [1.82, 2.24) is 0 Å². The summed E-state index contributed by atoms with van der Waals surface area (Å²) in [6, 6.07) is 0. The van der Waals surface area contributed by atoms with Crippen molar-refractivity contribution < 1.29 is 28.5 Å². The highest BCUT2D eigenvalue weighted by Crippen LogP contribution is 2.39. The molecule has 0 radical (unpaired) electrons. The number of rotatable bonds is 6. The van der Waals surface area contributed by atoms with E-state index in [4.69, 9.17) is 18.6 Å². The summed E-state index contributed by atoms with van der Waals surface area (Å²) in [6.07, 6.45) is -3.25. The second-order valence-electron chi connectivity index (χ2n) is 8.35. The van der Waals surface area contributed by atoms with E-state index < -0.39 is 44.5 Å². The number of carbonyl (C=O) groups is 1. The molecule has 0 unspecified atom stereocenters. The molecule has 1 aliphatic rings. The fraction of sp³-hybridized carbons (Fsp3) is 0.941. The minimum Gasteiger partial charge on any atom is -0.464 e. The first-order valence-electron chi connectivity index (χ1n) is 8.60. The summed E-state index contributed by atoms with van der Waals surface area (Å²) < 4.78 is 22.7. The molecule has 24 heavy (non-hydrogen) atoms. The highest BCUT2D eigenvalue weighted by molar-refractivity contribution is 6.74. The van der Waals surface area contributed by atoms with Crippen LogP contribution in [0, 0.1) is 0 Å². The van der Waals surface area contributed by atoms with Crippen molar-refractivity contribution in [3.63, 3.8) is 0 Å². The fourth-order valence-electron chi connectivity index (χ4n) is 2.42. The highest BCUT2D eigenvalue weighted by atomic mass is 28.4. The number of esters is 1. The van der Waals surface area contributed by atoms with Gasteiger partial charge >= 0.3 is 5.97 Å². The molecule has 0 saturated carbocycles. The minimum absolute atomic E-state index is 0.0217. The molecule has 4 atom stereocenters. The molecule has 7 heteroatoms. The lowest BCUT2D eigenvalue weighted by atomic mass is 10.0. The predicted octanol–water partition coefficient (Wildman–Crippen LogP) is 2.84. The van der Waals surface area contributed by atoms with E-state index in [1.165, 1.54) is 0 Å². The van der Waals surface area contributed by atoms with Gasteiger partial charge in [0.05, 0.1) is 12.7 Å². The average Bonchev–Trinajstić information content (AvgIpc) is 2.72. The summed E-state index contributed by atoms with van der Waals surface area (Å²) in [4.78, 5) is 12.1. The number of ether oxygens (including phenoxy) is 3. The first kappa shape index (κ1) is 21.6. The smallest absolute Gasteiger partial charge is 0.338 e. The molecule has 142 valence electrons. The summed E-state index contributed by atoms with van der Waals surface area (Å²) in [6.45, 7) is 17.9. The van der Waals surface area contributed by atoms with Crippen LogP contribution >= 0.6 is 0 Å². The Morgan fingerprint density at radius 2 is 1.83 bits per heavy atom. The van der Waals surface area contributed by atoms with Crippen molar-refractivity contribution in [2.75, 3.05) is 6.61 Å². The van der Waals surface area contributed by atoms with Crippen LogP contribution in [0.25, 0.3) is 0 Å². The van der Waals surface area contributed by atoms with Gasteiger partial charge in [-0.15, -0.1) is 0 Å². The van der Waals surface area contributed by atoms with E-state index in [0.29, 0.717) is 0 Å². The molecule has 0 aromatic rings. The van der Waals surface area contributed by atoms with Crippen LogP contribution < -0.4 is 0 Å². The van der Waals surface area contributed by atoms with Crippen LogP contribution in [0.15, 0.2) is 0 Å². The van der Waals surface area contributed by atoms with Gasteiger partial charge in [0.2, 0.25) is 0 Å². The molecule has 0 aromatic carbocycles. The lowest BCUT2D eigenvalue weighted by molar-refractivity contribution is -0.171. The summed E-state index contributed by atoms with van der Waals surface area (Å²) in [5, 5.41) is 10.8. The predicted molar refractivity (Wildman–Crippen MR) is 94.2 cm³/mol. The molecule has 1 rings (SSSR count). The van der Waals surface area contributed by atoms with Gasteiger partial charge in [0.25, 0.3) is 0 Å². The zero-order valence-electron chi connectivity index (χ0n) is 16.5. The third-order valence-corrected chi connectivity index (χ3v) is 9.33. The van der Waals surface area contributed by atoms with Crippen molar-refractivity contribution in [2.24, 2.45) is 0 Å². The second-order valence-corrected chi connectivity index (χ2v) is 13.1. The van der Waals surface area contributed by atoms with E-state index >= 15 is 0 Å². The van der Waals surface area contributed by atoms with E-state index in [1.807, 2.05) is 6.92 Å². The van der Waals surface area contributed by atoms with Gasteiger partial charge in [0, 0.05) is 0 Å². The number of carbonyl (C=O) groups excluding carboxylic acids is 1. The molecule has 1 heterocycles. The monoisotopic (exact) mass is 362 g/mol. The molecule has 0 spiro atoms. The third-order valence-electron chi connectivity index (χ3n) is 4.75. The second kappa shape index (κ2) is 7.41. The normalized spacial score (nSPS) is 26.9. The van der Waals surface area contributed by atoms with Crippen LogP contribution in [0.4, 0.5) is 0 Å². The van der Waals surface area contributed by atoms with Crippen molar-refractivity contribution >= 4 is 14.3 Å². The first-order valence-corrected chi connectivity index (χ1v) is 11.5. The summed E-state index contributed by atoms with van der Waals surface area (Å²) in [7, 11) is -2.05. The van der Waals surface area contributed by atoms with E-state index in [9.17, 15) is 9.90 Å². The Kier molecular flexibility index (Phi) is 6.66. The Morgan fingerprint density at radius 3 is 2.29 bits per heavy atom. The molecule has 0 bridgehead atoms. The van der Waals surface area contributed by atoms with Crippen molar-refractivity contribution in [2.45, 2.75) is 96.8 Å². The number of hydrogen-bond donors (Lipinski definition) is 1. The van der Waals surface area contributed by atoms with E-state index in [-0.39, 0.29) is 11.6 Å². The van der Waals surface area contributed by atoms with E-state index in [0.717, 1.165) is 0 Å². The van der Waals surface area contributed by atoms with Gasteiger partial charge in [-0.05, 0) is 45.8 Å². The lowest BCUT2D eigenvalue weighted by Crippen LogP contribution is -2.51. The molecule has 1 aliphatic heterocycles. The van der Waals surface area contributed by atoms with Crippen LogP contribution in [-0.4, -0.2) is 56.2 Å². The molecule has 1 N–H and O–H groups in total. The molecule has 0 amide bonds. The van der Waals surface area contributed by atoms with Crippen molar-refractivity contribution in [3.8, 4) is 0 Å². The highest BCUT2D eigenvalue weighted by Gasteiger charge is 2.51. The maximum absolute atomic E-state index is 12.1. The summed E-state index contributed by atoms with van der Waals surface area (Å²) in [5.74, 6) is -1.48. The molecular formula is C17H34O6Si. The van der Waals surface area contributed by atoms with Gasteiger partial charge in [-0.2, -0.15) is 0 Å².